The van der Waals surface area contributed by atoms with E-state index in [0.29, 0.717) is 39.3 Å². The second-order valence-electron chi connectivity index (χ2n) is 8.44. The molecule has 4 nitrogen and oxygen atoms in total. The first-order valence-electron chi connectivity index (χ1n) is 10.8. The van der Waals surface area contributed by atoms with Crippen molar-refractivity contribution in [1.82, 2.24) is 14.0 Å². The van der Waals surface area contributed by atoms with Crippen LogP contribution in [0.3, 0.4) is 0 Å². The first-order chi connectivity index (χ1) is 15.9. The second-order valence-corrected chi connectivity index (χ2v) is 13.3. The Bertz CT molecular complexity index is 849. The molecule has 1 aromatic rings. The van der Waals surface area contributed by atoms with Gasteiger partial charge in [-0.25, -0.2) is 13.2 Å². The maximum Gasteiger partial charge on any atom is 0.417 e. The van der Waals surface area contributed by atoms with E-state index in [4.69, 9.17) is 4.52 Å². The number of nitrogens with zero attached hydrogens (tertiary/aromatic N) is 3. The summed E-state index contributed by atoms with van der Waals surface area (Å²) >= 11 is 0. The topological polar surface area (TPSA) is 19.0 Å². The summed E-state index contributed by atoms with van der Waals surface area (Å²) in [7, 11) is -13.6. The van der Waals surface area contributed by atoms with Gasteiger partial charge in [0.05, 0.1) is 0 Å². The zero-order valence-electron chi connectivity index (χ0n) is 18.3. The third-order valence-electron chi connectivity index (χ3n) is 5.74. The Kier molecular flexibility index (Phi) is 7.65. The molecule has 4 rings (SSSR count). The van der Waals surface area contributed by atoms with Gasteiger partial charge in [0.25, 0.3) is 5.75 Å². The van der Waals surface area contributed by atoms with Crippen molar-refractivity contribution in [1.29, 1.82) is 0 Å². The minimum absolute atomic E-state index is 0.691. The summed E-state index contributed by atoms with van der Waals surface area (Å²) in [6.45, 7) is 4.14. The van der Waals surface area contributed by atoms with Gasteiger partial charge in [0.1, 0.15) is 0 Å². The van der Waals surface area contributed by atoms with Crippen LogP contribution in [-0.4, -0.2) is 53.3 Å². The van der Waals surface area contributed by atoms with Gasteiger partial charge in [-0.15, -0.1) is 14.0 Å². The Morgan fingerprint density at radius 3 is 0.971 bits per heavy atom. The summed E-state index contributed by atoms with van der Waals surface area (Å²) in [5.74, 6) is -11.0. The fraction of sp³-hybridized carbons (Fsp3) is 0.667. The monoisotopic (exact) mass is 569 g/mol. The SMILES string of the molecule is F[P-](F)(F)(F)(F)F.Fc1c(F)c(F)c(O[P+](N2CCCC2)(N2CCCC2)N2CCCC2)c(F)c1F. The molecule has 3 aliphatic heterocycles. The van der Waals surface area contributed by atoms with Gasteiger partial charge in [-0.05, 0) is 38.5 Å². The molecule has 3 aliphatic rings. The average Bonchev–Trinajstić information content (AvgIpc) is 3.52. The maximum atomic E-state index is 14.5. The number of benzene rings is 1. The van der Waals surface area contributed by atoms with E-state index in [0.717, 1.165) is 38.5 Å². The van der Waals surface area contributed by atoms with Gasteiger partial charge in [-0.1, -0.05) is 0 Å². The average molecular weight is 569 g/mol. The summed E-state index contributed by atoms with van der Waals surface area (Å²) in [6, 6.07) is 0. The molecule has 0 atom stereocenters. The molecule has 17 heteroatoms. The van der Waals surface area contributed by atoms with E-state index < -0.39 is 50.6 Å². The van der Waals surface area contributed by atoms with E-state index in [9.17, 15) is 47.1 Å². The predicted octanol–water partition coefficient (Wildman–Crippen LogP) is 8.11. The zero-order chi connectivity index (χ0) is 26.3. The first kappa shape index (κ1) is 28.6. The number of hydrogen-bond acceptors (Lipinski definition) is 4. The van der Waals surface area contributed by atoms with Crippen LogP contribution in [0.25, 0.3) is 0 Å². The van der Waals surface area contributed by atoms with Crippen molar-refractivity contribution < 1.29 is 51.7 Å². The molecule has 0 saturated carbocycles. The number of halogens is 11. The standard InChI is InChI=1S/C18H24F5N3OP.F6P/c19-13-14(20)16(22)18(17(23)15(13)21)27-28(24-7-1-2-8-24,25-9-3-4-10-25)26-11-5-6-12-26;1-7(2,3,4,5)6/h1-12H2;/q+1;-1. The molecule has 0 spiro atoms. The maximum absolute atomic E-state index is 14.5. The van der Waals surface area contributed by atoms with Crippen molar-refractivity contribution in [3.05, 3.63) is 29.1 Å². The van der Waals surface area contributed by atoms with Crippen LogP contribution in [0.1, 0.15) is 38.5 Å². The van der Waals surface area contributed by atoms with Crippen LogP contribution in [-0.2, 0) is 0 Å². The Morgan fingerprint density at radius 2 is 0.714 bits per heavy atom. The Hall–Kier alpha value is -1.01. The van der Waals surface area contributed by atoms with E-state index in [2.05, 4.69) is 14.0 Å². The van der Waals surface area contributed by atoms with Crippen LogP contribution in [0.4, 0.5) is 47.1 Å². The third-order valence-corrected chi connectivity index (χ3v) is 9.57. The van der Waals surface area contributed by atoms with Crippen LogP contribution in [0.5, 0.6) is 5.75 Å². The fourth-order valence-electron chi connectivity index (χ4n) is 4.38. The molecular formula is C18H24F11N3OP2. The van der Waals surface area contributed by atoms with Crippen LogP contribution in [0, 0.1) is 29.1 Å². The second kappa shape index (κ2) is 9.38. The predicted molar refractivity (Wildman–Crippen MR) is 110 cm³/mol. The van der Waals surface area contributed by atoms with Crippen molar-refractivity contribution >= 4 is 15.8 Å². The summed E-state index contributed by atoms with van der Waals surface area (Å²) in [5, 5.41) is 0. The molecule has 3 fully saturated rings. The molecule has 0 N–H and O–H groups in total. The molecule has 0 aliphatic carbocycles. The van der Waals surface area contributed by atoms with Crippen molar-refractivity contribution in [3.63, 3.8) is 0 Å². The van der Waals surface area contributed by atoms with Crippen LogP contribution in [0.2, 0.25) is 0 Å². The third kappa shape index (κ3) is 7.06. The molecule has 204 valence electrons. The molecule has 3 heterocycles. The van der Waals surface area contributed by atoms with Crippen molar-refractivity contribution in [2.75, 3.05) is 39.3 Å². The van der Waals surface area contributed by atoms with E-state index in [1.165, 1.54) is 0 Å². The van der Waals surface area contributed by atoms with E-state index in [1.54, 1.807) is 0 Å². The van der Waals surface area contributed by atoms with Gasteiger partial charge in [0, 0.05) is 39.3 Å². The fourth-order valence-corrected chi connectivity index (χ4v) is 8.62. The van der Waals surface area contributed by atoms with Crippen molar-refractivity contribution in [2.24, 2.45) is 0 Å². The van der Waals surface area contributed by atoms with Gasteiger partial charge < -0.3 is 0 Å². The van der Waals surface area contributed by atoms with Gasteiger partial charge in [0.15, 0.2) is 0 Å². The summed E-state index contributed by atoms with van der Waals surface area (Å²) in [4.78, 5) is 0. The number of hydrogen-bond donors (Lipinski definition) is 0. The van der Waals surface area contributed by atoms with E-state index in [1.807, 2.05) is 0 Å². The van der Waals surface area contributed by atoms with E-state index in [-0.39, 0.29) is 0 Å². The summed E-state index contributed by atoms with van der Waals surface area (Å²) < 4.78 is 142. The van der Waals surface area contributed by atoms with Crippen LogP contribution in [0.15, 0.2) is 0 Å². The Morgan fingerprint density at radius 1 is 0.486 bits per heavy atom. The zero-order valence-corrected chi connectivity index (χ0v) is 20.1. The summed E-state index contributed by atoms with van der Waals surface area (Å²) in [6.07, 6.45) is 5.52. The van der Waals surface area contributed by atoms with Gasteiger partial charge in [0.2, 0.25) is 29.1 Å². The molecule has 0 aromatic heterocycles. The molecule has 0 amide bonds. The van der Waals surface area contributed by atoms with Gasteiger partial charge in [-0.3, -0.25) is 4.52 Å². The van der Waals surface area contributed by atoms with Crippen LogP contribution >= 0.6 is 15.8 Å². The van der Waals surface area contributed by atoms with E-state index >= 15 is 0 Å². The Labute approximate surface area is 194 Å². The van der Waals surface area contributed by atoms with Crippen molar-refractivity contribution in [2.45, 2.75) is 38.5 Å². The minimum Gasteiger partial charge on any atom is -0.285 e. The minimum atomic E-state index is -10.7. The molecule has 0 bridgehead atoms. The van der Waals surface area contributed by atoms with Gasteiger partial charge in [-0.2, -0.15) is 8.78 Å². The normalized spacial score (nSPS) is 22.6. The Balaban J connectivity index is 0.000000429. The molecule has 0 radical (unpaired) electrons. The molecule has 0 unspecified atom stereocenters. The quantitative estimate of drug-likeness (QED) is 0.154. The smallest absolute Gasteiger partial charge is 0.285 e. The molecule has 1 aromatic carbocycles. The first-order valence-corrected chi connectivity index (χ1v) is 14.4. The molecule has 3 saturated heterocycles. The number of rotatable bonds is 5. The van der Waals surface area contributed by atoms with Crippen LogP contribution < -0.4 is 4.52 Å². The summed E-state index contributed by atoms with van der Waals surface area (Å²) in [5.41, 5.74) is 0. The van der Waals surface area contributed by atoms with Crippen molar-refractivity contribution in [3.8, 4) is 5.75 Å². The van der Waals surface area contributed by atoms with Gasteiger partial charge >= 0.3 is 40.9 Å². The molecule has 35 heavy (non-hydrogen) atoms. The largest absolute Gasteiger partial charge is 0.417 e. The molecular weight excluding hydrogens is 545 g/mol.